The second kappa shape index (κ2) is 4.82. The molecule has 1 aromatic rings. The Balaban J connectivity index is 1.89. The van der Waals surface area contributed by atoms with Crippen LogP contribution in [0.25, 0.3) is 0 Å². The van der Waals surface area contributed by atoms with E-state index >= 15 is 0 Å². The minimum absolute atomic E-state index is 0.240. The van der Waals surface area contributed by atoms with Crippen LogP contribution in [-0.4, -0.2) is 12.6 Å². The SMILES string of the molecule is CC(C)(N)c1ccc2c(c1)N(C1CCCCC1)CC2. The highest BCUT2D eigenvalue weighted by Gasteiger charge is 2.28. The summed E-state index contributed by atoms with van der Waals surface area (Å²) in [7, 11) is 0. The van der Waals surface area contributed by atoms with Crippen LogP contribution in [0, 0.1) is 0 Å². The Labute approximate surface area is 117 Å². The first kappa shape index (κ1) is 13.0. The van der Waals surface area contributed by atoms with Gasteiger partial charge in [-0.3, -0.25) is 0 Å². The maximum Gasteiger partial charge on any atom is 0.0405 e. The lowest BCUT2D eigenvalue weighted by Crippen LogP contribution is -2.35. The molecular weight excluding hydrogens is 232 g/mol. The third kappa shape index (κ3) is 2.51. The summed E-state index contributed by atoms with van der Waals surface area (Å²) < 4.78 is 0. The Kier molecular flexibility index (Phi) is 3.30. The van der Waals surface area contributed by atoms with E-state index in [2.05, 4.69) is 36.9 Å². The van der Waals surface area contributed by atoms with E-state index in [9.17, 15) is 0 Å². The van der Waals surface area contributed by atoms with Gasteiger partial charge in [-0.05, 0) is 50.3 Å². The maximum atomic E-state index is 6.26. The van der Waals surface area contributed by atoms with Crippen LogP contribution in [0.3, 0.4) is 0 Å². The molecule has 2 aliphatic rings. The molecule has 2 nitrogen and oxygen atoms in total. The summed E-state index contributed by atoms with van der Waals surface area (Å²) in [6, 6.07) is 7.62. The molecule has 0 bridgehead atoms. The van der Waals surface area contributed by atoms with Gasteiger partial charge in [-0.15, -0.1) is 0 Å². The number of benzene rings is 1. The molecule has 0 spiro atoms. The fourth-order valence-corrected chi connectivity index (χ4v) is 3.58. The van der Waals surface area contributed by atoms with Crippen molar-refractivity contribution in [2.24, 2.45) is 5.73 Å². The third-order valence-electron chi connectivity index (χ3n) is 4.78. The molecule has 19 heavy (non-hydrogen) atoms. The van der Waals surface area contributed by atoms with Crippen molar-refractivity contribution in [2.45, 2.75) is 64.0 Å². The Morgan fingerprint density at radius 1 is 1.16 bits per heavy atom. The summed E-state index contributed by atoms with van der Waals surface area (Å²) in [5.41, 5.74) is 10.2. The zero-order chi connectivity index (χ0) is 13.5. The molecule has 1 aromatic carbocycles. The molecule has 1 aliphatic carbocycles. The van der Waals surface area contributed by atoms with Crippen LogP contribution >= 0.6 is 0 Å². The van der Waals surface area contributed by atoms with Gasteiger partial charge in [0, 0.05) is 23.8 Å². The van der Waals surface area contributed by atoms with E-state index in [1.54, 1.807) is 0 Å². The molecule has 0 unspecified atom stereocenters. The van der Waals surface area contributed by atoms with Gasteiger partial charge in [-0.1, -0.05) is 31.4 Å². The van der Waals surface area contributed by atoms with E-state index in [-0.39, 0.29) is 5.54 Å². The highest BCUT2D eigenvalue weighted by Crippen LogP contribution is 2.36. The molecule has 2 N–H and O–H groups in total. The third-order valence-corrected chi connectivity index (χ3v) is 4.78. The lowest BCUT2D eigenvalue weighted by atomic mass is 9.92. The molecule has 2 heteroatoms. The van der Waals surface area contributed by atoms with Gasteiger partial charge in [0.2, 0.25) is 0 Å². The van der Waals surface area contributed by atoms with Crippen molar-refractivity contribution in [2.75, 3.05) is 11.4 Å². The largest absolute Gasteiger partial charge is 0.368 e. The number of nitrogens with two attached hydrogens (primary N) is 1. The fourth-order valence-electron chi connectivity index (χ4n) is 3.58. The summed E-state index contributed by atoms with van der Waals surface area (Å²) in [4.78, 5) is 2.66. The predicted molar refractivity (Wildman–Crippen MR) is 81.6 cm³/mol. The van der Waals surface area contributed by atoms with Crippen LogP contribution in [0.15, 0.2) is 18.2 Å². The molecule has 1 heterocycles. The van der Waals surface area contributed by atoms with Crippen LogP contribution < -0.4 is 10.6 Å². The van der Waals surface area contributed by atoms with Gasteiger partial charge in [-0.25, -0.2) is 0 Å². The van der Waals surface area contributed by atoms with Gasteiger partial charge in [0.25, 0.3) is 0 Å². The molecule has 0 aromatic heterocycles. The molecule has 0 radical (unpaired) electrons. The molecule has 0 atom stereocenters. The summed E-state index contributed by atoms with van der Waals surface area (Å²) in [5.74, 6) is 0. The standard InChI is InChI=1S/C17H26N2/c1-17(2,18)14-9-8-13-10-11-19(16(13)12-14)15-6-4-3-5-7-15/h8-9,12,15H,3-7,10-11,18H2,1-2H3. The molecule has 1 aliphatic heterocycles. The Bertz CT molecular complexity index is 453. The Morgan fingerprint density at radius 2 is 1.89 bits per heavy atom. The van der Waals surface area contributed by atoms with Gasteiger partial charge in [0.05, 0.1) is 0 Å². The zero-order valence-electron chi connectivity index (χ0n) is 12.3. The Morgan fingerprint density at radius 3 is 2.58 bits per heavy atom. The van der Waals surface area contributed by atoms with Crippen molar-refractivity contribution in [3.63, 3.8) is 0 Å². The average molecular weight is 258 g/mol. The number of anilines is 1. The van der Waals surface area contributed by atoms with E-state index in [1.165, 1.54) is 61.9 Å². The minimum Gasteiger partial charge on any atom is -0.368 e. The lowest BCUT2D eigenvalue weighted by Gasteiger charge is -2.34. The highest BCUT2D eigenvalue weighted by molar-refractivity contribution is 5.61. The van der Waals surface area contributed by atoms with E-state index in [4.69, 9.17) is 5.73 Å². The molecule has 104 valence electrons. The summed E-state index contributed by atoms with van der Waals surface area (Å²) >= 11 is 0. The van der Waals surface area contributed by atoms with Crippen LogP contribution in [0.2, 0.25) is 0 Å². The van der Waals surface area contributed by atoms with Gasteiger partial charge >= 0.3 is 0 Å². The highest BCUT2D eigenvalue weighted by atomic mass is 15.2. The molecule has 1 fully saturated rings. The van der Waals surface area contributed by atoms with Crippen molar-refractivity contribution >= 4 is 5.69 Å². The van der Waals surface area contributed by atoms with E-state index in [1.807, 2.05) is 0 Å². The van der Waals surface area contributed by atoms with Crippen LogP contribution in [0.5, 0.6) is 0 Å². The summed E-state index contributed by atoms with van der Waals surface area (Å²) in [5, 5.41) is 0. The second-order valence-electron chi connectivity index (χ2n) is 6.80. The van der Waals surface area contributed by atoms with Crippen LogP contribution in [0.1, 0.15) is 57.1 Å². The summed E-state index contributed by atoms with van der Waals surface area (Å²) in [6.07, 6.45) is 8.17. The predicted octanol–water partition coefficient (Wildman–Crippen LogP) is 3.58. The molecule has 0 saturated heterocycles. The second-order valence-corrected chi connectivity index (χ2v) is 6.80. The Hall–Kier alpha value is -1.02. The van der Waals surface area contributed by atoms with Crippen molar-refractivity contribution in [3.8, 4) is 0 Å². The molecule has 3 rings (SSSR count). The number of hydrogen-bond acceptors (Lipinski definition) is 2. The first-order chi connectivity index (χ1) is 9.05. The van der Waals surface area contributed by atoms with Gasteiger partial charge in [0.1, 0.15) is 0 Å². The molecule has 1 saturated carbocycles. The van der Waals surface area contributed by atoms with E-state index < -0.39 is 0 Å². The van der Waals surface area contributed by atoms with Crippen LogP contribution in [0.4, 0.5) is 5.69 Å². The zero-order valence-corrected chi connectivity index (χ0v) is 12.3. The van der Waals surface area contributed by atoms with E-state index in [0.29, 0.717) is 0 Å². The lowest BCUT2D eigenvalue weighted by molar-refractivity contribution is 0.420. The first-order valence-corrected chi connectivity index (χ1v) is 7.74. The minimum atomic E-state index is -0.240. The fraction of sp³-hybridized carbons (Fsp3) is 0.647. The van der Waals surface area contributed by atoms with Crippen molar-refractivity contribution < 1.29 is 0 Å². The number of rotatable bonds is 2. The first-order valence-electron chi connectivity index (χ1n) is 7.74. The van der Waals surface area contributed by atoms with Crippen molar-refractivity contribution in [1.29, 1.82) is 0 Å². The molecule has 0 amide bonds. The number of fused-ring (bicyclic) bond motifs is 1. The van der Waals surface area contributed by atoms with Gasteiger partial charge in [-0.2, -0.15) is 0 Å². The number of nitrogens with zero attached hydrogens (tertiary/aromatic N) is 1. The quantitative estimate of drug-likeness (QED) is 0.878. The smallest absolute Gasteiger partial charge is 0.0405 e. The maximum absolute atomic E-state index is 6.26. The van der Waals surface area contributed by atoms with Gasteiger partial charge in [0.15, 0.2) is 0 Å². The topological polar surface area (TPSA) is 29.3 Å². The van der Waals surface area contributed by atoms with E-state index in [0.717, 1.165) is 6.04 Å². The van der Waals surface area contributed by atoms with Crippen molar-refractivity contribution in [1.82, 2.24) is 0 Å². The molecular formula is C17H26N2. The number of hydrogen-bond donors (Lipinski definition) is 1. The van der Waals surface area contributed by atoms with Crippen molar-refractivity contribution in [3.05, 3.63) is 29.3 Å². The average Bonchev–Trinajstić information content (AvgIpc) is 2.81. The summed E-state index contributed by atoms with van der Waals surface area (Å²) in [6.45, 7) is 5.39. The van der Waals surface area contributed by atoms with Crippen LogP contribution in [-0.2, 0) is 12.0 Å². The normalized spacial score (nSPS) is 20.7. The monoisotopic (exact) mass is 258 g/mol. The van der Waals surface area contributed by atoms with Gasteiger partial charge < -0.3 is 10.6 Å².